The second-order valence-corrected chi connectivity index (χ2v) is 4.19. The Labute approximate surface area is 113 Å². The molecule has 2 rings (SSSR count). The lowest BCUT2D eigenvalue weighted by atomic mass is 9.93. The van der Waals surface area contributed by atoms with Gasteiger partial charge in [0.2, 0.25) is 0 Å². The highest BCUT2D eigenvalue weighted by Gasteiger charge is 2.21. The highest BCUT2D eigenvalue weighted by atomic mass is 16.1. The standard InChI is InChI=1S/C13H14N2O2.C2H6/c1-8(16)12(9(2)17)6-10-7-15-13-11(10)4-3-5-14-13;1-2/h3-5,7,12H,6H2,1-2H3,(H,14,15);1-2H3. The molecule has 0 unspecified atom stereocenters. The number of Topliss-reactive ketones (excluding diaryl/α,β-unsaturated/α-hetero) is 2. The third-order valence-corrected chi connectivity index (χ3v) is 2.94. The monoisotopic (exact) mass is 260 g/mol. The van der Waals surface area contributed by atoms with Gasteiger partial charge in [0.1, 0.15) is 17.2 Å². The fourth-order valence-corrected chi connectivity index (χ4v) is 1.98. The van der Waals surface area contributed by atoms with Crippen LogP contribution in [-0.2, 0) is 16.0 Å². The van der Waals surface area contributed by atoms with Crippen molar-refractivity contribution >= 4 is 22.6 Å². The Morgan fingerprint density at radius 2 is 1.89 bits per heavy atom. The molecule has 19 heavy (non-hydrogen) atoms. The SMILES string of the molecule is CC.CC(=O)C(Cc1c[nH]c2ncccc12)C(C)=O. The number of nitrogens with one attached hydrogen (secondary N) is 1. The minimum Gasteiger partial charge on any atom is -0.346 e. The Morgan fingerprint density at radius 1 is 1.26 bits per heavy atom. The van der Waals surface area contributed by atoms with Crippen LogP contribution in [0.5, 0.6) is 0 Å². The number of hydrogen-bond donors (Lipinski definition) is 1. The Bertz CT molecular complexity index is 558. The maximum atomic E-state index is 11.4. The molecule has 0 amide bonds. The smallest absolute Gasteiger partial charge is 0.140 e. The summed E-state index contributed by atoms with van der Waals surface area (Å²) in [7, 11) is 0. The van der Waals surface area contributed by atoms with E-state index >= 15 is 0 Å². The van der Waals surface area contributed by atoms with Crippen molar-refractivity contribution in [1.29, 1.82) is 0 Å². The van der Waals surface area contributed by atoms with Gasteiger partial charge in [-0.15, -0.1) is 0 Å². The number of nitrogens with zero attached hydrogens (tertiary/aromatic N) is 1. The van der Waals surface area contributed by atoms with Crippen molar-refractivity contribution in [2.24, 2.45) is 5.92 Å². The first-order valence-electron chi connectivity index (χ1n) is 6.51. The molecule has 0 atom stereocenters. The first kappa shape index (κ1) is 15.1. The lowest BCUT2D eigenvalue weighted by Gasteiger charge is -2.08. The maximum absolute atomic E-state index is 11.4. The third-order valence-electron chi connectivity index (χ3n) is 2.94. The molecule has 0 saturated heterocycles. The highest BCUT2D eigenvalue weighted by molar-refractivity contribution is 6.00. The number of carbonyl (C=O) groups excluding carboxylic acids is 2. The van der Waals surface area contributed by atoms with Gasteiger partial charge in [0, 0.05) is 17.8 Å². The van der Waals surface area contributed by atoms with Crippen molar-refractivity contribution in [2.45, 2.75) is 34.1 Å². The van der Waals surface area contributed by atoms with Crippen LogP contribution in [0.1, 0.15) is 33.3 Å². The van der Waals surface area contributed by atoms with Crippen molar-refractivity contribution in [3.05, 3.63) is 30.1 Å². The van der Waals surface area contributed by atoms with E-state index in [0.29, 0.717) is 6.42 Å². The molecule has 2 aromatic rings. The van der Waals surface area contributed by atoms with Gasteiger partial charge in [-0.25, -0.2) is 4.98 Å². The van der Waals surface area contributed by atoms with E-state index in [9.17, 15) is 9.59 Å². The molecule has 0 aliphatic heterocycles. The van der Waals surface area contributed by atoms with Crippen LogP contribution in [0, 0.1) is 5.92 Å². The molecule has 2 heterocycles. The number of H-pyrrole nitrogens is 1. The largest absolute Gasteiger partial charge is 0.346 e. The Balaban J connectivity index is 0.000000861. The molecule has 0 bridgehead atoms. The van der Waals surface area contributed by atoms with Crippen LogP contribution in [0.2, 0.25) is 0 Å². The molecule has 4 nitrogen and oxygen atoms in total. The average Bonchev–Trinajstić information content (AvgIpc) is 2.81. The summed E-state index contributed by atoms with van der Waals surface area (Å²) in [6, 6.07) is 3.78. The number of ketones is 2. The van der Waals surface area contributed by atoms with E-state index < -0.39 is 5.92 Å². The van der Waals surface area contributed by atoms with Crippen molar-refractivity contribution < 1.29 is 9.59 Å². The summed E-state index contributed by atoms with van der Waals surface area (Å²) in [5.74, 6) is -0.722. The highest BCUT2D eigenvalue weighted by Crippen LogP contribution is 2.20. The van der Waals surface area contributed by atoms with Crippen LogP contribution >= 0.6 is 0 Å². The molecule has 0 fully saturated rings. The number of fused-ring (bicyclic) bond motifs is 1. The zero-order valence-corrected chi connectivity index (χ0v) is 11.9. The van der Waals surface area contributed by atoms with Crippen molar-refractivity contribution in [2.75, 3.05) is 0 Å². The normalized spacial score (nSPS) is 10.2. The number of carbonyl (C=O) groups is 2. The zero-order chi connectivity index (χ0) is 14.4. The van der Waals surface area contributed by atoms with Gasteiger partial charge in [0.15, 0.2) is 0 Å². The molecule has 4 heteroatoms. The van der Waals surface area contributed by atoms with Gasteiger partial charge in [-0.3, -0.25) is 9.59 Å². The lowest BCUT2D eigenvalue weighted by molar-refractivity contribution is -0.130. The van der Waals surface area contributed by atoms with Gasteiger partial charge >= 0.3 is 0 Å². The summed E-state index contributed by atoms with van der Waals surface area (Å²) < 4.78 is 0. The average molecular weight is 260 g/mol. The van der Waals surface area contributed by atoms with E-state index in [1.165, 1.54) is 13.8 Å². The Hall–Kier alpha value is -1.97. The van der Waals surface area contributed by atoms with Crippen LogP contribution < -0.4 is 0 Å². The second-order valence-electron chi connectivity index (χ2n) is 4.19. The van der Waals surface area contributed by atoms with Gasteiger partial charge in [-0.05, 0) is 38.0 Å². The number of pyridine rings is 1. The summed E-state index contributed by atoms with van der Waals surface area (Å²) in [5, 5.41) is 0.972. The van der Waals surface area contributed by atoms with E-state index in [2.05, 4.69) is 9.97 Å². The molecular weight excluding hydrogens is 240 g/mol. The maximum Gasteiger partial charge on any atom is 0.140 e. The quantitative estimate of drug-likeness (QED) is 0.860. The van der Waals surface area contributed by atoms with Gasteiger partial charge in [0.25, 0.3) is 0 Å². The van der Waals surface area contributed by atoms with Crippen LogP contribution in [0.25, 0.3) is 11.0 Å². The van der Waals surface area contributed by atoms with Crippen LogP contribution in [0.4, 0.5) is 0 Å². The van der Waals surface area contributed by atoms with E-state index in [1.807, 2.05) is 32.2 Å². The first-order chi connectivity index (χ1) is 9.09. The van der Waals surface area contributed by atoms with Gasteiger partial charge < -0.3 is 4.98 Å². The fraction of sp³-hybridized carbons (Fsp3) is 0.400. The molecule has 102 valence electrons. The van der Waals surface area contributed by atoms with Gasteiger partial charge in [-0.2, -0.15) is 0 Å². The summed E-state index contributed by atoms with van der Waals surface area (Å²) in [5.41, 5.74) is 1.75. The summed E-state index contributed by atoms with van der Waals surface area (Å²) in [4.78, 5) is 30.0. The van der Waals surface area contributed by atoms with Gasteiger partial charge in [-0.1, -0.05) is 13.8 Å². The van der Waals surface area contributed by atoms with Crippen LogP contribution in [0.15, 0.2) is 24.5 Å². The molecule has 0 saturated carbocycles. The van der Waals surface area contributed by atoms with E-state index in [4.69, 9.17) is 0 Å². The van der Waals surface area contributed by atoms with E-state index in [0.717, 1.165) is 16.6 Å². The fourth-order valence-electron chi connectivity index (χ4n) is 1.98. The summed E-state index contributed by atoms with van der Waals surface area (Å²) >= 11 is 0. The number of hydrogen-bond acceptors (Lipinski definition) is 3. The molecule has 0 aromatic carbocycles. The zero-order valence-electron chi connectivity index (χ0n) is 11.9. The van der Waals surface area contributed by atoms with Crippen molar-refractivity contribution in [1.82, 2.24) is 9.97 Å². The predicted octanol–water partition coefficient (Wildman–Crippen LogP) is 2.93. The molecule has 0 radical (unpaired) electrons. The van der Waals surface area contributed by atoms with Crippen molar-refractivity contribution in [3.63, 3.8) is 0 Å². The topological polar surface area (TPSA) is 62.8 Å². The Kier molecular flexibility index (Phi) is 5.42. The molecule has 0 aliphatic carbocycles. The molecule has 0 aliphatic rings. The number of rotatable bonds is 4. The van der Waals surface area contributed by atoms with Gasteiger partial charge in [0.05, 0.1) is 5.92 Å². The predicted molar refractivity (Wildman–Crippen MR) is 76.0 cm³/mol. The Morgan fingerprint density at radius 3 is 2.47 bits per heavy atom. The second kappa shape index (κ2) is 6.83. The lowest BCUT2D eigenvalue weighted by Crippen LogP contribution is -2.21. The molecule has 2 aromatic heterocycles. The van der Waals surface area contributed by atoms with Crippen LogP contribution in [-0.4, -0.2) is 21.5 Å². The van der Waals surface area contributed by atoms with E-state index in [-0.39, 0.29) is 11.6 Å². The number of aromatic nitrogens is 2. The van der Waals surface area contributed by atoms with E-state index in [1.54, 1.807) is 6.20 Å². The first-order valence-corrected chi connectivity index (χ1v) is 6.51. The minimum absolute atomic E-state index is 0.0873. The molecular formula is C15H20N2O2. The summed E-state index contributed by atoms with van der Waals surface area (Å²) in [6.07, 6.45) is 3.96. The third kappa shape index (κ3) is 3.50. The molecule has 0 spiro atoms. The van der Waals surface area contributed by atoms with Crippen molar-refractivity contribution in [3.8, 4) is 0 Å². The summed E-state index contributed by atoms with van der Waals surface area (Å²) in [6.45, 7) is 6.92. The van der Waals surface area contributed by atoms with Crippen LogP contribution in [0.3, 0.4) is 0 Å². The minimum atomic E-state index is -0.547. The molecule has 1 N–H and O–H groups in total. The number of aromatic amines is 1.